The maximum atomic E-state index is 12.8. The lowest BCUT2D eigenvalue weighted by Crippen LogP contribution is -2.46. The number of piperazine rings is 1. The number of hydrogen-bond donors (Lipinski definition) is 1. The summed E-state index contributed by atoms with van der Waals surface area (Å²) in [6.45, 7) is 9.62. The van der Waals surface area contributed by atoms with Gasteiger partial charge in [0.15, 0.2) is 5.76 Å². The Labute approximate surface area is 177 Å². The minimum absolute atomic E-state index is 0.0897. The van der Waals surface area contributed by atoms with Gasteiger partial charge in [0, 0.05) is 38.4 Å². The molecule has 6 heteroatoms. The van der Waals surface area contributed by atoms with Crippen LogP contribution in [0.25, 0.3) is 0 Å². The maximum absolute atomic E-state index is 12.8. The standard InChI is InChI=1S/C24H28N2O4/c1-15(2)23-22(28)21-16(3)13-20(27)19(24(21)30-23)14-25-9-11-26(12-10-25)17-5-7-18(29-4)8-6-17/h5-8,13,27H,9-12,14H2,1-4H3. The van der Waals surface area contributed by atoms with Crippen molar-refractivity contribution in [1.29, 1.82) is 0 Å². The fraction of sp³-hybridized carbons (Fsp3) is 0.375. The normalized spacial score (nSPS) is 16.5. The number of ketones is 1. The molecule has 2 aromatic rings. The molecule has 2 aromatic carbocycles. The average molecular weight is 408 g/mol. The number of benzene rings is 2. The van der Waals surface area contributed by atoms with Crippen LogP contribution in [-0.4, -0.2) is 49.1 Å². The summed E-state index contributed by atoms with van der Waals surface area (Å²) in [6.07, 6.45) is 0. The summed E-state index contributed by atoms with van der Waals surface area (Å²) in [7, 11) is 1.67. The van der Waals surface area contributed by atoms with Crippen LogP contribution in [0.5, 0.6) is 17.2 Å². The molecule has 0 saturated carbocycles. The second-order valence-electron chi connectivity index (χ2n) is 8.12. The van der Waals surface area contributed by atoms with Gasteiger partial charge in [0.05, 0.1) is 18.2 Å². The predicted molar refractivity (Wildman–Crippen MR) is 117 cm³/mol. The number of methoxy groups -OCH3 is 1. The molecule has 30 heavy (non-hydrogen) atoms. The van der Waals surface area contributed by atoms with Crippen molar-refractivity contribution < 1.29 is 19.4 Å². The Bertz CT molecular complexity index is 999. The van der Waals surface area contributed by atoms with Crippen LogP contribution in [0, 0.1) is 6.92 Å². The molecule has 1 N–H and O–H groups in total. The Balaban J connectivity index is 1.50. The van der Waals surface area contributed by atoms with E-state index >= 15 is 0 Å². The van der Waals surface area contributed by atoms with Crippen molar-refractivity contribution in [3.05, 3.63) is 58.4 Å². The molecule has 4 rings (SSSR count). The SMILES string of the molecule is COc1ccc(N2CCN(Cc3c(O)cc(C)c4c3OC(=C(C)C)C4=O)CC2)cc1. The molecule has 0 amide bonds. The number of carbonyl (C=O) groups is 1. The molecule has 0 radical (unpaired) electrons. The molecule has 1 saturated heterocycles. The summed E-state index contributed by atoms with van der Waals surface area (Å²) in [5, 5.41) is 10.6. The van der Waals surface area contributed by atoms with Gasteiger partial charge in [-0.15, -0.1) is 0 Å². The third kappa shape index (κ3) is 3.63. The number of allylic oxidation sites excluding steroid dienone is 2. The van der Waals surface area contributed by atoms with E-state index in [1.165, 1.54) is 5.69 Å². The lowest BCUT2D eigenvalue weighted by molar-refractivity contribution is 0.101. The highest BCUT2D eigenvalue weighted by atomic mass is 16.5. The first-order valence-electron chi connectivity index (χ1n) is 10.3. The molecular weight excluding hydrogens is 380 g/mol. The Morgan fingerprint density at radius 3 is 2.40 bits per heavy atom. The summed E-state index contributed by atoms with van der Waals surface area (Å²) in [5.41, 5.74) is 4.04. The lowest BCUT2D eigenvalue weighted by Gasteiger charge is -2.36. The summed E-state index contributed by atoms with van der Waals surface area (Å²) in [6, 6.07) is 9.78. The number of aryl methyl sites for hydroxylation is 1. The van der Waals surface area contributed by atoms with Crippen LogP contribution < -0.4 is 14.4 Å². The first-order valence-corrected chi connectivity index (χ1v) is 10.3. The van der Waals surface area contributed by atoms with Gasteiger partial charge in [-0.1, -0.05) is 0 Å². The fourth-order valence-corrected chi connectivity index (χ4v) is 4.13. The summed E-state index contributed by atoms with van der Waals surface area (Å²) in [4.78, 5) is 17.4. The number of nitrogens with zero attached hydrogens (tertiary/aromatic N) is 2. The second-order valence-corrected chi connectivity index (χ2v) is 8.12. The number of rotatable bonds is 4. The molecule has 2 aliphatic rings. The largest absolute Gasteiger partial charge is 0.507 e. The minimum atomic E-state index is -0.0897. The number of anilines is 1. The first-order chi connectivity index (χ1) is 14.4. The van der Waals surface area contributed by atoms with Crippen molar-refractivity contribution in [2.75, 3.05) is 38.2 Å². The monoisotopic (exact) mass is 408 g/mol. The molecule has 158 valence electrons. The Kier molecular flexibility index (Phi) is 5.43. The molecule has 2 aliphatic heterocycles. The first kappa shape index (κ1) is 20.3. The zero-order chi connectivity index (χ0) is 21.4. The van der Waals surface area contributed by atoms with E-state index in [4.69, 9.17) is 9.47 Å². The molecule has 1 fully saturated rings. The number of phenols is 1. The molecule has 2 heterocycles. The van der Waals surface area contributed by atoms with Gasteiger partial charge < -0.3 is 19.5 Å². The highest BCUT2D eigenvalue weighted by Gasteiger charge is 2.34. The van der Waals surface area contributed by atoms with Gasteiger partial charge in [0.25, 0.3) is 0 Å². The molecule has 0 aliphatic carbocycles. The third-order valence-electron chi connectivity index (χ3n) is 5.84. The van der Waals surface area contributed by atoms with E-state index in [9.17, 15) is 9.90 Å². The van der Waals surface area contributed by atoms with Gasteiger partial charge in [0.2, 0.25) is 5.78 Å². The minimum Gasteiger partial charge on any atom is -0.507 e. The van der Waals surface area contributed by atoms with Crippen LogP contribution in [0.3, 0.4) is 0 Å². The zero-order valence-electron chi connectivity index (χ0n) is 18.0. The Morgan fingerprint density at radius 1 is 1.13 bits per heavy atom. The maximum Gasteiger partial charge on any atom is 0.232 e. The van der Waals surface area contributed by atoms with E-state index in [0.717, 1.165) is 43.1 Å². The molecule has 0 unspecified atom stereocenters. The van der Waals surface area contributed by atoms with Crippen LogP contribution in [0.1, 0.15) is 35.3 Å². The van der Waals surface area contributed by atoms with Crippen molar-refractivity contribution >= 4 is 11.5 Å². The molecule has 0 aromatic heterocycles. The van der Waals surface area contributed by atoms with Crippen molar-refractivity contribution in [3.63, 3.8) is 0 Å². The summed E-state index contributed by atoms with van der Waals surface area (Å²) < 4.78 is 11.2. The number of aromatic hydroxyl groups is 1. The quantitative estimate of drug-likeness (QED) is 0.775. The van der Waals surface area contributed by atoms with Gasteiger partial charge in [-0.2, -0.15) is 0 Å². The molecule has 0 spiro atoms. The molecule has 6 nitrogen and oxygen atoms in total. The van der Waals surface area contributed by atoms with Gasteiger partial charge >= 0.3 is 0 Å². The molecule has 0 bridgehead atoms. The van der Waals surface area contributed by atoms with Crippen LogP contribution in [-0.2, 0) is 6.54 Å². The number of Topliss-reactive ketones (excluding diaryl/α,β-unsaturated/α-hetero) is 1. The van der Waals surface area contributed by atoms with Gasteiger partial charge in [-0.05, 0) is 62.2 Å². The van der Waals surface area contributed by atoms with E-state index in [1.807, 2.05) is 32.9 Å². The van der Waals surface area contributed by atoms with Crippen LogP contribution in [0.2, 0.25) is 0 Å². The Morgan fingerprint density at radius 2 is 1.80 bits per heavy atom. The van der Waals surface area contributed by atoms with E-state index in [0.29, 0.717) is 29.2 Å². The highest BCUT2D eigenvalue weighted by molar-refractivity contribution is 6.14. The summed E-state index contributed by atoms with van der Waals surface area (Å²) in [5.74, 6) is 1.85. The highest BCUT2D eigenvalue weighted by Crippen LogP contribution is 2.42. The van der Waals surface area contributed by atoms with Gasteiger partial charge in [-0.25, -0.2) is 0 Å². The number of hydrogen-bond acceptors (Lipinski definition) is 6. The van der Waals surface area contributed by atoms with Crippen molar-refractivity contribution in [2.45, 2.75) is 27.3 Å². The van der Waals surface area contributed by atoms with Crippen LogP contribution in [0.4, 0.5) is 5.69 Å². The lowest BCUT2D eigenvalue weighted by atomic mass is 9.98. The number of fused-ring (bicyclic) bond motifs is 1. The van der Waals surface area contributed by atoms with Gasteiger partial charge in [-0.3, -0.25) is 9.69 Å². The van der Waals surface area contributed by atoms with Crippen molar-refractivity contribution in [1.82, 2.24) is 4.90 Å². The van der Waals surface area contributed by atoms with E-state index in [-0.39, 0.29) is 11.5 Å². The third-order valence-corrected chi connectivity index (χ3v) is 5.84. The molecular formula is C24H28N2O4. The number of ether oxygens (including phenoxy) is 2. The fourth-order valence-electron chi connectivity index (χ4n) is 4.13. The second kappa shape index (κ2) is 8.03. The number of phenolic OH excluding ortho intramolecular Hbond substituents is 1. The number of carbonyl (C=O) groups excluding carboxylic acids is 1. The summed E-state index contributed by atoms with van der Waals surface area (Å²) >= 11 is 0. The van der Waals surface area contributed by atoms with Crippen LogP contribution in [0.15, 0.2) is 41.7 Å². The Hall–Kier alpha value is -2.99. The smallest absolute Gasteiger partial charge is 0.232 e. The predicted octanol–water partition coefficient (Wildman–Crippen LogP) is 3.90. The van der Waals surface area contributed by atoms with E-state index in [2.05, 4.69) is 21.9 Å². The van der Waals surface area contributed by atoms with Crippen molar-refractivity contribution in [3.8, 4) is 17.2 Å². The van der Waals surface area contributed by atoms with Crippen LogP contribution >= 0.6 is 0 Å². The average Bonchev–Trinajstić information content (AvgIpc) is 3.09. The van der Waals surface area contributed by atoms with E-state index in [1.54, 1.807) is 13.2 Å². The van der Waals surface area contributed by atoms with E-state index < -0.39 is 0 Å². The zero-order valence-corrected chi connectivity index (χ0v) is 18.0. The topological polar surface area (TPSA) is 62.2 Å². The van der Waals surface area contributed by atoms with Crippen molar-refractivity contribution in [2.24, 2.45) is 0 Å². The molecule has 0 atom stereocenters. The van der Waals surface area contributed by atoms with Gasteiger partial charge in [0.1, 0.15) is 17.2 Å².